The maximum Gasteiger partial charge on any atom is 0.301 e. The third-order valence-electron chi connectivity index (χ3n) is 2.19. The number of hydrogen-bond donors (Lipinski definition) is 2. The Balaban J connectivity index is 2.43. The van der Waals surface area contributed by atoms with Gasteiger partial charge in [-0.1, -0.05) is 0 Å². The van der Waals surface area contributed by atoms with Crippen LogP contribution < -0.4 is 14.8 Å². The SMILES string of the molecule is COc1cc(NCCCOS(=O)O)cc(OC)c1. The average Bonchev–Trinajstić information content (AvgIpc) is 2.37. The lowest BCUT2D eigenvalue weighted by molar-refractivity contribution is 0.305. The van der Waals surface area contributed by atoms with Crippen LogP contribution in [0, 0.1) is 0 Å². The van der Waals surface area contributed by atoms with E-state index < -0.39 is 11.4 Å². The van der Waals surface area contributed by atoms with Crippen molar-refractivity contribution in [2.45, 2.75) is 6.42 Å². The molecule has 1 rings (SSSR count). The highest BCUT2D eigenvalue weighted by atomic mass is 32.2. The van der Waals surface area contributed by atoms with Crippen LogP contribution in [0.1, 0.15) is 6.42 Å². The molecule has 0 saturated carbocycles. The summed E-state index contributed by atoms with van der Waals surface area (Å²) in [6, 6.07) is 5.46. The van der Waals surface area contributed by atoms with Crippen LogP contribution in [0.15, 0.2) is 18.2 Å². The summed E-state index contributed by atoms with van der Waals surface area (Å²) in [5.41, 5.74) is 0.858. The Hall–Kier alpha value is -1.31. The minimum Gasteiger partial charge on any atom is -0.497 e. The Morgan fingerprint density at radius 2 is 1.83 bits per heavy atom. The summed E-state index contributed by atoms with van der Waals surface area (Å²) in [5.74, 6) is 1.40. The van der Waals surface area contributed by atoms with E-state index in [4.69, 9.17) is 14.0 Å². The second-order valence-corrected chi connectivity index (χ2v) is 4.09. The number of hydrogen-bond acceptors (Lipinski definition) is 5. The summed E-state index contributed by atoms with van der Waals surface area (Å²) in [6.45, 7) is 0.838. The van der Waals surface area contributed by atoms with Gasteiger partial charge in [0.15, 0.2) is 0 Å². The predicted molar refractivity (Wildman–Crippen MR) is 69.4 cm³/mol. The zero-order valence-electron chi connectivity index (χ0n) is 10.3. The maximum atomic E-state index is 10.2. The van der Waals surface area contributed by atoms with E-state index in [1.165, 1.54) is 0 Å². The van der Waals surface area contributed by atoms with Crippen molar-refractivity contribution in [2.75, 3.05) is 32.7 Å². The quantitative estimate of drug-likeness (QED) is 0.555. The Kier molecular flexibility index (Phi) is 6.48. The van der Waals surface area contributed by atoms with Crippen LogP contribution in [0.2, 0.25) is 0 Å². The first-order valence-corrected chi connectivity index (χ1v) is 6.40. The van der Waals surface area contributed by atoms with Crippen LogP contribution in [0.4, 0.5) is 5.69 Å². The molecule has 1 aromatic carbocycles. The van der Waals surface area contributed by atoms with Crippen molar-refractivity contribution in [3.8, 4) is 11.5 Å². The molecule has 102 valence electrons. The van der Waals surface area contributed by atoms with Gasteiger partial charge in [-0.25, -0.2) is 0 Å². The first kappa shape index (κ1) is 14.7. The fourth-order valence-electron chi connectivity index (χ4n) is 1.34. The van der Waals surface area contributed by atoms with Crippen molar-refractivity contribution in [1.29, 1.82) is 0 Å². The van der Waals surface area contributed by atoms with Gasteiger partial charge in [-0.3, -0.25) is 8.74 Å². The molecule has 0 aromatic heterocycles. The molecule has 7 heteroatoms. The second kappa shape index (κ2) is 7.91. The van der Waals surface area contributed by atoms with Crippen LogP contribution in [0.3, 0.4) is 0 Å². The first-order valence-electron chi connectivity index (χ1n) is 5.36. The molecule has 1 aromatic rings. The van der Waals surface area contributed by atoms with Gasteiger partial charge in [0.05, 0.1) is 20.8 Å². The van der Waals surface area contributed by atoms with Crippen molar-refractivity contribution in [1.82, 2.24) is 0 Å². The molecule has 0 aliphatic rings. The lowest BCUT2D eigenvalue weighted by Gasteiger charge is -2.10. The Morgan fingerprint density at radius 3 is 2.33 bits per heavy atom. The molecule has 1 unspecified atom stereocenters. The lowest BCUT2D eigenvalue weighted by atomic mass is 10.2. The predicted octanol–water partition coefficient (Wildman–Crippen LogP) is 1.66. The lowest BCUT2D eigenvalue weighted by Crippen LogP contribution is -2.06. The largest absolute Gasteiger partial charge is 0.497 e. The smallest absolute Gasteiger partial charge is 0.301 e. The third-order valence-corrected chi connectivity index (χ3v) is 2.55. The summed E-state index contributed by atoms with van der Waals surface area (Å²) in [4.78, 5) is 0. The van der Waals surface area contributed by atoms with Crippen LogP contribution in [0.25, 0.3) is 0 Å². The molecule has 0 radical (unpaired) electrons. The molecule has 0 aliphatic carbocycles. The van der Waals surface area contributed by atoms with E-state index in [1.54, 1.807) is 20.3 Å². The van der Waals surface area contributed by atoms with E-state index in [0.717, 1.165) is 5.69 Å². The summed E-state index contributed by atoms with van der Waals surface area (Å²) >= 11 is -2.19. The molecule has 0 fully saturated rings. The van der Waals surface area contributed by atoms with Crippen molar-refractivity contribution in [3.63, 3.8) is 0 Å². The van der Waals surface area contributed by atoms with E-state index in [0.29, 0.717) is 24.5 Å². The fraction of sp³-hybridized carbons (Fsp3) is 0.455. The average molecular weight is 275 g/mol. The molecular weight excluding hydrogens is 258 g/mol. The van der Waals surface area contributed by atoms with Crippen LogP contribution in [-0.2, 0) is 15.5 Å². The molecule has 0 bridgehead atoms. The molecule has 0 amide bonds. The number of anilines is 1. The van der Waals surface area contributed by atoms with Gasteiger partial charge < -0.3 is 14.8 Å². The highest BCUT2D eigenvalue weighted by Gasteiger charge is 2.01. The first-order chi connectivity index (χ1) is 8.65. The van der Waals surface area contributed by atoms with Crippen molar-refractivity contribution in [3.05, 3.63) is 18.2 Å². The van der Waals surface area contributed by atoms with E-state index in [1.807, 2.05) is 12.1 Å². The van der Waals surface area contributed by atoms with Crippen LogP contribution in [0.5, 0.6) is 11.5 Å². The number of nitrogens with one attached hydrogen (secondary N) is 1. The van der Waals surface area contributed by atoms with Crippen LogP contribution >= 0.6 is 0 Å². The van der Waals surface area contributed by atoms with Gasteiger partial charge in [0.25, 0.3) is 0 Å². The standard InChI is InChI=1S/C11H17NO5S/c1-15-10-6-9(7-11(8-10)16-2)12-4-3-5-17-18(13)14/h6-8,12H,3-5H2,1-2H3,(H,13,14). The summed E-state index contributed by atoms with van der Waals surface area (Å²) in [6.07, 6.45) is 0.617. The molecule has 6 nitrogen and oxygen atoms in total. The molecule has 1 atom stereocenters. The summed E-state index contributed by atoms with van der Waals surface area (Å²) in [5, 5.41) is 3.15. The van der Waals surface area contributed by atoms with E-state index in [9.17, 15) is 4.21 Å². The number of ether oxygens (including phenoxy) is 2. The highest BCUT2D eigenvalue weighted by molar-refractivity contribution is 7.74. The Labute approximate surface area is 109 Å². The minimum absolute atomic E-state index is 0.219. The minimum atomic E-state index is -2.19. The van der Waals surface area contributed by atoms with Crippen molar-refractivity contribution < 1.29 is 22.4 Å². The van der Waals surface area contributed by atoms with E-state index >= 15 is 0 Å². The molecule has 2 N–H and O–H groups in total. The monoisotopic (exact) mass is 275 g/mol. The van der Waals surface area contributed by atoms with Crippen molar-refractivity contribution in [2.24, 2.45) is 0 Å². The van der Waals surface area contributed by atoms with Gasteiger partial charge in [-0.15, -0.1) is 0 Å². The number of methoxy groups -OCH3 is 2. The third kappa shape index (κ3) is 5.35. The molecular formula is C11H17NO5S. The highest BCUT2D eigenvalue weighted by Crippen LogP contribution is 2.25. The molecule has 0 heterocycles. The van der Waals surface area contributed by atoms with Crippen molar-refractivity contribution >= 4 is 17.0 Å². The number of rotatable bonds is 8. The zero-order chi connectivity index (χ0) is 13.4. The number of benzene rings is 1. The second-order valence-electron chi connectivity index (χ2n) is 3.42. The Bertz CT molecular complexity index is 377. The zero-order valence-corrected chi connectivity index (χ0v) is 11.2. The topological polar surface area (TPSA) is 77.0 Å². The van der Waals surface area contributed by atoms with E-state index in [2.05, 4.69) is 9.50 Å². The molecule has 0 aliphatic heterocycles. The molecule has 0 spiro atoms. The van der Waals surface area contributed by atoms with Gasteiger partial charge in [0.2, 0.25) is 0 Å². The van der Waals surface area contributed by atoms with Gasteiger partial charge in [0.1, 0.15) is 11.5 Å². The fourth-order valence-corrected chi connectivity index (χ4v) is 1.61. The maximum absolute atomic E-state index is 10.2. The van der Waals surface area contributed by atoms with E-state index in [-0.39, 0.29) is 6.61 Å². The van der Waals surface area contributed by atoms with Gasteiger partial charge in [0, 0.05) is 30.4 Å². The van der Waals surface area contributed by atoms with Gasteiger partial charge in [-0.2, -0.15) is 4.21 Å². The molecule has 18 heavy (non-hydrogen) atoms. The van der Waals surface area contributed by atoms with Crippen LogP contribution in [-0.4, -0.2) is 36.1 Å². The summed E-state index contributed by atoms with van der Waals surface area (Å²) < 4.78 is 33.4. The Morgan fingerprint density at radius 1 is 1.22 bits per heavy atom. The normalized spacial score (nSPS) is 11.9. The molecule has 0 saturated heterocycles. The van der Waals surface area contributed by atoms with Gasteiger partial charge in [-0.05, 0) is 6.42 Å². The van der Waals surface area contributed by atoms with Gasteiger partial charge >= 0.3 is 11.4 Å². The summed E-state index contributed by atoms with van der Waals surface area (Å²) in [7, 11) is 3.17.